The van der Waals surface area contributed by atoms with Gasteiger partial charge in [0.25, 0.3) is 0 Å². The zero-order valence-corrected chi connectivity index (χ0v) is 19.7. The number of benzene rings is 1. The first-order chi connectivity index (χ1) is 15.1. The van der Waals surface area contributed by atoms with E-state index < -0.39 is 0 Å². The highest BCUT2D eigenvalue weighted by molar-refractivity contribution is 6.31. The first kappa shape index (κ1) is 20.9. The van der Waals surface area contributed by atoms with E-state index in [0.717, 1.165) is 34.3 Å². The third-order valence-electron chi connectivity index (χ3n) is 5.73. The molecule has 7 heteroatoms. The van der Waals surface area contributed by atoms with Gasteiger partial charge in [-0.2, -0.15) is 0 Å². The molecule has 0 unspecified atom stereocenters. The quantitative estimate of drug-likeness (QED) is 0.446. The second-order valence-electron chi connectivity index (χ2n) is 9.62. The third kappa shape index (κ3) is 3.85. The summed E-state index contributed by atoms with van der Waals surface area (Å²) in [5.74, 6) is 1.36. The van der Waals surface area contributed by atoms with E-state index in [2.05, 4.69) is 50.1 Å². The molecule has 32 heavy (non-hydrogen) atoms. The van der Waals surface area contributed by atoms with E-state index in [-0.39, 0.29) is 11.1 Å². The molecule has 0 spiro atoms. The van der Waals surface area contributed by atoms with E-state index in [4.69, 9.17) is 26.3 Å². The maximum atomic E-state index is 6.15. The van der Waals surface area contributed by atoms with Crippen molar-refractivity contribution in [3.63, 3.8) is 0 Å². The van der Waals surface area contributed by atoms with Gasteiger partial charge in [-0.25, -0.2) is 9.97 Å². The summed E-state index contributed by atoms with van der Waals surface area (Å²) in [5.41, 5.74) is 4.57. The van der Waals surface area contributed by atoms with Crippen LogP contribution in [-0.4, -0.2) is 37.5 Å². The van der Waals surface area contributed by atoms with Gasteiger partial charge in [0.15, 0.2) is 0 Å². The average Bonchev–Trinajstić information content (AvgIpc) is 3.13. The van der Waals surface area contributed by atoms with Crippen LogP contribution in [0.5, 0.6) is 5.75 Å². The number of halogens is 1. The Balaban J connectivity index is 1.60. The Kier molecular flexibility index (Phi) is 4.76. The molecule has 0 fully saturated rings. The van der Waals surface area contributed by atoms with Crippen LogP contribution in [0.3, 0.4) is 0 Å². The minimum atomic E-state index is -0.0980. The Labute approximate surface area is 192 Å². The van der Waals surface area contributed by atoms with Gasteiger partial charge in [-0.1, -0.05) is 17.7 Å². The lowest BCUT2D eigenvalue weighted by Gasteiger charge is -2.41. The lowest BCUT2D eigenvalue weighted by atomic mass is 9.82. The molecule has 164 valence electrons. The molecule has 0 saturated carbocycles. The predicted octanol–water partition coefficient (Wildman–Crippen LogP) is 5.54. The average molecular weight is 448 g/mol. The minimum Gasteiger partial charge on any atom is -0.496 e. The van der Waals surface area contributed by atoms with Crippen LogP contribution >= 0.6 is 11.6 Å². The van der Waals surface area contributed by atoms with Crippen molar-refractivity contribution in [3.8, 4) is 17.0 Å². The Morgan fingerprint density at radius 3 is 2.62 bits per heavy atom. The van der Waals surface area contributed by atoms with Crippen molar-refractivity contribution in [1.29, 1.82) is 0 Å². The number of imidazole rings is 1. The van der Waals surface area contributed by atoms with Crippen molar-refractivity contribution < 1.29 is 4.74 Å². The Morgan fingerprint density at radius 1 is 1.09 bits per heavy atom. The largest absolute Gasteiger partial charge is 0.496 e. The number of hydrogen-bond acceptors (Lipinski definition) is 5. The standard InChI is InChI=1S/C25H26ClN5O/c1-24(2)11-16(12-25(3,4)30-24)19-6-7-31-14-21(29-23(31)28-19)18-9-15-8-17(26)13-27-20(15)10-22(18)32-5/h6-11,13-14,30H,12H2,1-5H3. The molecule has 0 amide bonds. The summed E-state index contributed by atoms with van der Waals surface area (Å²) in [5, 5.41) is 5.20. The van der Waals surface area contributed by atoms with E-state index >= 15 is 0 Å². The van der Waals surface area contributed by atoms with E-state index in [1.54, 1.807) is 13.3 Å². The molecule has 1 aromatic carbocycles. The maximum absolute atomic E-state index is 6.15. The molecule has 1 N–H and O–H groups in total. The molecular formula is C25H26ClN5O. The molecule has 0 aliphatic carbocycles. The Bertz CT molecular complexity index is 1390. The number of hydrogen-bond donors (Lipinski definition) is 1. The zero-order valence-electron chi connectivity index (χ0n) is 18.9. The highest BCUT2D eigenvalue weighted by Gasteiger charge is 2.33. The first-order valence-corrected chi connectivity index (χ1v) is 11.0. The van der Waals surface area contributed by atoms with E-state index in [1.165, 1.54) is 5.57 Å². The van der Waals surface area contributed by atoms with Crippen molar-refractivity contribution in [2.24, 2.45) is 0 Å². The fourth-order valence-corrected chi connectivity index (χ4v) is 4.93. The van der Waals surface area contributed by atoms with Crippen LogP contribution in [-0.2, 0) is 0 Å². The van der Waals surface area contributed by atoms with E-state index in [9.17, 15) is 0 Å². The van der Waals surface area contributed by atoms with Gasteiger partial charge >= 0.3 is 0 Å². The van der Waals surface area contributed by atoms with Crippen LogP contribution in [0.25, 0.3) is 33.5 Å². The number of rotatable bonds is 3. The molecule has 0 radical (unpaired) electrons. The monoisotopic (exact) mass is 447 g/mol. The summed E-state index contributed by atoms with van der Waals surface area (Å²) in [4.78, 5) is 14.1. The number of nitrogens with one attached hydrogen (secondary N) is 1. The lowest BCUT2D eigenvalue weighted by Crippen LogP contribution is -2.53. The van der Waals surface area contributed by atoms with Crippen LogP contribution in [0.2, 0.25) is 5.02 Å². The van der Waals surface area contributed by atoms with Crippen molar-refractivity contribution >= 4 is 33.9 Å². The van der Waals surface area contributed by atoms with Crippen LogP contribution in [0.4, 0.5) is 0 Å². The molecule has 0 bridgehead atoms. The van der Waals surface area contributed by atoms with Crippen molar-refractivity contribution in [3.05, 3.63) is 59.6 Å². The van der Waals surface area contributed by atoms with Crippen LogP contribution in [0, 0.1) is 0 Å². The van der Waals surface area contributed by atoms with Crippen molar-refractivity contribution in [2.45, 2.75) is 45.2 Å². The molecule has 5 rings (SSSR count). The molecule has 0 atom stereocenters. The number of pyridine rings is 1. The van der Waals surface area contributed by atoms with Gasteiger partial charge in [-0.3, -0.25) is 9.38 Å². The Morgan fingerprint density at radius 2 is 1.88 bits per heavy atom. The number of fused-ring (bicyclic) bond motifs is 2. The molecule has 0 saturated heterocycles. The third-order valence-corrected chi connectivity index (χ3v) is 5.94. The van der Waals surface area contributed by atoms with Gasteiger partial charge in [-0.05, 0) is 57.9 Å². The lowest BCUT2D eigenvalue weighted by molar-refractivity contribution is 0.297. The molecule has 1 aliphatic heterocycles. The SMILES string of the molecule is COc1cc2ncc(Cl)cc2cc1-c1cn2ccc(C3=CC(C)(C)NC(C)(C)C3)nc2n1. The summed E-state index contributed by atoms with van der Waals surface area (Å²) in [6.45, 7) is 8.82. The van der Waals surface area contributed by atoms with Gasteiger partial charge in [-0.15, -0.1) is 0 Å². The second kappa shape index (κ2) is 7.29. The van der Waals surface area contributed by atoms with Crippen LogP contribution < -0.4 is 10.1 Å². The van der Waals surface area contributed by atoms with Crippen molar-refractivity contribution in [1.82, 2.24) is 24.7 Å². The maximum Gasteiger partial charge on any atom is 0.234 e. The smallest absolute Gasteiger partial charge is 0.234 e. The topological polar surface area (TPSA) is 64.3 Å². The highest BCUT2D eigenvalue weighted by Crippen LogP contribution is 2.35. The fraction of sp³-hybridized carbons (Fsp3) is 0.320. The molecule has 6 nitrogen and oxygen atoms in total. The summed E-state index contributed by atoms with van der Waals surface area (Å²) in [7, 11) is 1.65. The van der Waals surface area contributed by atoms with Gasteiger partial charge < -0.3 is 10.1 Å². The van der Waals surface area contributed by atoms with Crippen LogP contribution in [0.1, 0.15) is 39.8 Å². The van der Waals surface area contributed by atoms with Gasteiger partial charge in [0.1, 0.15) is 5.75 Å². The molecular weight excluding hydrogens is 422 g/mol. The molecule has 4 heterocycles. The first-order valence-electron chi connectivity index (χ1n) is 10.6. The summed E-state index contributed by atoms with van der Waals surface area (Å²) in [6, 6.07) is 7.87. The number of nitrogens with zero attached hydrogens (tertiary/aromatic N) is 4. The van der Waals surface area contributed by atoms with Gasteiger partial charge in [0, 0.05) is 46.7 Å². The summed E-state index contributed by atoms with van der Waals surface area (Å²) in [6.07, 6.45) is 8.79. The summed E-state index contributed by atoms with van der Waals surface area (Å²) >= 11 is 6.15. The fourth-order valence-electron chi connectivity index (χ4n) is 4.76. The predicted molar refractivity (Wildman–Crippen MR) is 129 cm³/mol. The van der Waals surface area contributed by atoms with E-state index in [1.807, 2.05) is 35.0 Å². The van der Waals surface area contributed by atoms with E-state index in [0.29, 0.717) is 16.5 Å². The normalized spacial score (nSPS) is 17.5. The van der Waals surface area contributed by atoms with Gasteiger partial charge in [0.2, 0.25) is 5.78 Å². The number of methoxy groups -OCH3 is 1. The second-order valence-corrected chi connectivity index (χ2v) is 10.1. The molecule has 3 aromatic heterocycles. The minimum absolute atomic E-state index is 0.00422. The number of ether oxygens (including phenoxy) is 1. The van der Waals surface area contributed by atoms with Crippen LogP contribution in [0.15, 0.2) is 48.9 Å². The Hall–Kier alpha value is -2.96. The zero-order chi connectivity index (χ0) is 22.7. The molecule has 4 aromatic rings. The van der Waals surface area contributed by atoms with Gasteiger partial charge in [0.05, 0.1) is 29.0 Å². The van der Waals surface area contributed by atoms with Crippen molar-refractivity contribution in [2.75, 3.05) is 7.11 Å². The molecule has 1 aliphatic rings. The highest BCUT2D eigenvalue weighted by atomic mass is 35.5. The summed E-state index contributed by atoms with van der Waals surface area (Å²) < 4.78 is 7.58. The number of aromatic nitrogens is 4.